The number of nitrogens with one attached hydrogen (secondary N) is 1. The fourth-order valence-corrected chi connectivity index (χ4v) is 2.91. The van der Waals surface area contributed by atoms with E-state index in [1.807, 2.05) is 10.8 Å². The minimum absolute atomic E-state index is 0.0320. The van der Waals surface area contributed by atoms with Crippen LogP contribution in [-0.4, -0.2) is 33.0 Å². The lowest BCUT2D eigenvalue weighted by Crippen LogP contribution is -2.50. The highest BCUT2D eigenvalue weighted by Gasteiger charge is 2.42. The number of aromatic nitrogens is 2. The third kappa shape index (κ3) is 3.53. The van der Waals surface area contributed by atoms with E-state index < -0.39 is 5.41 Å². The predicted molar refractivity (Wildman–Crippen MR) is 78.8 cm³/mol. The zero-order valence-corrected chi connectivity index (χ0v) is 12.2. The summed E-state index contributed by atoms with van der Waals surface area (Å²) in [6, 6.07) is 0. The van der Waals surface area contributed by atoms with Crippen molar-refractivity contribution in [3.8, 4) is 0 Å². The van der Waals surface area contributed by atoms with Gasteiger partial charge >= 0.3 is 0 Å². The Morgan fingerprint density at radius 2 is 2.10 bits per heavy atom. The van der Waals surface area contributed by atoms with E-state index in [1.165, 1.54) is 0 Å². The highest BCUT2D eigenvalue weighted by atomic mass is 16.4. The van der Waals surface area contributed by atoms with E-state index in [0.717, 1.165) is 25.7 Å². The molecule has 1 aromatic heterocycles. The number of amides is 1. The van der Waals surface area contributed by atoms with Crippen molar-refractivity contribution in [2.45, 2.75) is 45.1 Å². The van der Waals surface area contributed by atoms with Gasteiger partial charge in [-0.3, -0.25) is 4.79 Å². The maximum absolute atomic E-state index is 12.6. The predicted octanol–water partition coefficient (Wildman–Crippen LogP) is 1.09. The normalized spacial score (nSPS) is 19.0. The van der Waals surface area contributed by atoms with Crippen molar-refractivity contribution in [1.29, 1.82) is 0 Å². The lowest BCUT2D eigenvalue weighted by molar-refractivity contribution is -0.128. The Hall–Kier alpha value is -2.05. The summed E-state index contributed by atoms with van der Waals surface area (Å²) in [6.45, 7) is 1.15. The molecule has 116 valence electrons. The fraction of sp³-hybridized carbons (Fsp3) is 0.643. The van der Waals surface area contributed by atoms with E-state index in [1.54, 1.807) is 12.5 Å². The van der Waals surface area contributed by atoms with Gasteiger partial charge in [0.05, 0.1) is 6.33 Å². The van der Waals surface area contributed by atoms with Crippen LogP contribution in [0.25, 0.3) is 0 Å². The molecule has 1 saturated carbocycles. The van der Waals surface area contributed by atoms with E-state index in [-0.39, 0.29) is 11.7 Å². The van der Waals surface area contributed by atoms with Crippen LogP contribution in [0.5, 0.6) is 0 Å². The van der Waals surface area contributed by atoms with Crippen LogP contribution >= 0.6 is 0 Å². The first-order valence-corrected chi connectivity index (χ1v) is 7.41. The molecule has 0 bridgehead atoms. The molecule has 2 rings (SSSR count). The summed E-state index contributed by atoms with van der Waals surface area (Å²) >= 11 is 0. The van der Waals surface area contributed by atoms with Gasteiger partial charge in [0.1, 0.15) is 5.41 Å². The average molecular weight is 293 g/mol. The Morgan fingerprint density at radius 3 is 2.67 bits per heavy atom. The highest BCUT2D eigenvalue weighted by Crippen LogP contribution is 2.35. The molecule has 0 radical (unpaired) electrons. The Kier molecular flexibility index (Phi) is 5.19. The molecule has 0 atom stereocenters. The van der Waals surface area contributed by atoms with Gasteiger partial charge in [0, 0.05) is 25.5 Å². The number of hydrogen-bond acceptors (Lipinski definition) is 4. The van der Waals surface area contributed by atoms with Crippen molar-refractivity contribution in [1.82, 2.24) is 14.9 Å². The number of nitrogens with zero attached hydrogens (tertiary/aromatic N) is 3. The standard InChI is InChI=1S/C14H23N5O2/c15-12(18-21)14(5-3-1-2-4-6-14)13(20)17-8-10-19-9-7-16-11-19/h7,9,11,21H,1-6,8,10H2,(H2,15,18)(H,17,20). The van der Waals surface area contributed by atoms with Crippen LogP contribution in [0, 0.1) is 5.41 Å². The van der Waals surface area contributed by atoms with E-state index >= 15 is 0 Å². The number of nitrogens with two attached hydrogens (primary N) is 1. The molecule has 7 nitrogen and oxygen atoms in total. The molecule has 0 spiro atoms. The Labute approximate surface area is 124 Å². The molecular formula is C14H23N5O2. The summed E-state index contributed by atoms with van der Waals surface area (Å²) in [5.74, 6) is -0.107. The topological polar surface area (TPSA) is 106 Å². The molecule has 1 aromatic rings. The molecule has 0 saturated heterocycles. The maximum atomic E-state index is 12.6. The van der Waals surface area contributed by atoms with Crippen molar-refractivity contribution in [3.05, 3.63) is 18.7 Å². The molecule has 0 aliphatic heterocycles. The SMILES string of the molecule is NC(=NO)C1(C(=O)NCCn2ccnc2)CCCCCC1. The second-order valence-corrected chi connectivity index (χ2v) is 5.54. The largest absolute Gasteiger partial charge is 0.409 e. The second-order valence-electron chi connectivity index (χ2n) is 5.54. The minimum atomic E-state index is -0.861. The summed E-state index contributed by atoms with van der Waals surface area (Å²) in [4.78, 5) is 16.5. The summed E-state index contributed by atoms with van der Waals surface area (Å²) in [5, 5.41) is 15.1. The van der Waals surface area contributed by atoms with Gasteiger partial charge in [-0.15, -0.1) is 0 Å². The molecule has 4 N–H and O–H groups in total. The molecule has 1 fully saturated rings. The molecule has 1 aliphatic carbocycles. The average Bonchev–Trinajstić information content (AvgIpc) is 2.88. The number of rotatable bonds is 5. The molecule has 0 aromatic carbocycles. The summed E-state index contributed by atoms with van der Waals surface area (Å²) in [7, 11) is 0. The van der Waals surface area contributed by atoms with Crippen LogP contribution in [0.4, 0.5) is 0 Å². The molecule has 0 unspecified atom stereocenters. The number of carbonyl (C=O) groups excluding carboxylic acids is 1. The van der Waals surface area contributed by atoms with Crippen LogP contribution in [0.3, 0.4) is 0 Å². The number of imidazole rings is 1. The van der Waals surface area contributed by atoms with Crippen LogP contribution in [0.15, 0.2) is 23.9 Å². The molecule has 1 heterocycles. The van der Waals surface area contributed by atoms with Crippen molar-refractivity contribution < 1.29 is 10.0 Å². The number of hydrogen-bond donors (Lipinski definition) is 3. The van der Waals surface area contributed by atoms with E-state index in [0.29, 0.717) is 25.9 Å². The zero-order chi connectivity index (χ0) is 15.1. The van der Waals surface area contributed by atoms with Gasteiger partial charge in [-0.2, -0.15) is 0 Å². The summed E-state index contributed by atoms with van der Waals surface area (Å²) < 4.78 is 1.89. The van der Waals surface area contributed by atoms with Crippen LogP contribution < -0.4 is 11.1 Å². The molecule has 1 amide bonds. The van der Waals surface area contributed by atoms with Crippen LogP contribution in [0.2, 0.25) is 0 Å². The lowest BCUT2D eigenvalue weighted by Gasteiger charge is -2.29. The van der Waals surface area contributed by atoms with Crippen molar-refractivity contribution >= 4 is 11.7 Å². The monoisotopic (exact) mass is 293 g/mol. The first-order chi connectivity index (χ1) is 10.2. The van der Waals surface area contributed by atoms with Gasteiger partial charge in [-0.05, 0) is 12.8 Å². The lowest BCUT2D eigenvalue weighted by atomic mass is 9.78. The Morgan fingerprint density at radius 1 is 1.38 bits per heavy atom. The van der Waals surface area contributed by atoms with Gasteiger partial charge in [0.2, 0.25) is 5.91 Å². The first-order valence-electron chi connectivity index (χ1n) is 7.41. The third-order valence-electron chi connectivity index (χ3n) is 4.20. The third-order valence-corrected chi connectivity index (χ3v) is 4.20. The van der Waals surface area contributed by atoms with Gasteiger partial charge in [0.25, 0.3) is 0 Å². The molecule has 1 aliphatic rings. The van der Waals surface area contributed by atoms with E-state index in [9.17, 15) is 4.79 Å². The van der Waals surface area contributed by atoms with Crippen molar-refractivity contribution in [2.75, 3.05) is 6.54 Å². The smallest absolute Gasteiger partial charge is 0.234 e. The molecule has 7 heteroatoms. The Bertz CT molecular complexity index is 476. The number of oxime groups is 1. The summed E-state index contributed by atoms with van der Waals surface area (Å²) in [5.41, 5.74) is 4.98. The van der Waals surface area contributed by atoms with Gasteiger partial charge in [-0.1, -0.05) is 30.8 Å². The van der Waals surface area contributed by atoms with E-state index in [2.05, 4.69) is 15.5 Å². The molecular weight excluding hydrogens is 270 g/mol. The first kappa shape index (κ1) is 15.3. The summed E-state index contributed by atoms with van der Waals surface area (Å²) in [6.07, 6.45) is 10.5. The quantitative estimate of drug-likeness (QED) is 0.248. The Balaban J connectivity index is 2.00. The zero-order valence-electron chi connectivity index (χ0n) is 12.2. The van der Waals surface area contributed by atoms with Crippen LogP contribution in [-0.2, 0) is 11.3 Å². The fourth-order valence-electron chi connectivity index (χ4n) is 2.91. The van der Waals surface area contributed by atoms with E-state index in [4.69, 9.17) is 10.9 Å². The molecule has 21 heavy (non-hydrogen) atoms. The number of carbonyl (C=O) groups is 1. The second kappa shape index (κ2) is 7.10. The number of amidine groups is 1. The van der Waals surface area contributed by atoms with Gasteiger partial charge in [-0.25, -0.2) is 4.98 Å². The van der Waals surface area contributed by atoms with Crippen molar-refractivity contribution in [3.63, 3.8) is 0 Å². The van der Waals surface area contributed by atoms with Gasteiger partial charge < -0.3 is 20.8 Å². The van der Waals surface area contributed by atoms with Gasteiger partial charge in [0.15, 0.2) is 5.84 Å². The van der Waals surface area contributed by atoms with Crippen molar-refractivity contribution in [2.24, 2.45) is 16.3 Å². The highest BCUT2D eigenvalue weighted by molar-refractivity contribution is 6.06. The minimum Gasteiger partial charge on any atom is -0.409 e. The van der Waals surface area contributed by atoms with Crippen LogP contribution in [0.1, 0.15) is 38.5 Å². The maximum Gasteiger partial charge on any atom is 0.234 e.